The third-order valence-corrected chi connectivity index (χ3v) is 5.31. The van der Waals surface area contributed by atoms with Gasteiger partial charge < -0.3 is 9.84 Å². The molecule has 7 heteroatoms. The third kappa shape index (κ3) is 3.90. The second-order valence-electron chi connectivity index (χ2n) is 6.20. The first-order valence-corrected chi connectivity index (χ1v) is 9.01. The number of nitrogens with zero attached hydrogens (tertiary/aromatic N) is 1. The first-order valence-electron chi connectivity index (χ1n) is 8.26. The lowest BCUT2D eigenvalue weighted by atomic mass is 9.90. The van der Waals surface area contributed by atoms with Gasteiger partial charge in [0, 0.05) is 48.6 Å². The van der Waals surface area contributed by atoms with Crippen molar-refractivity contribution in [1.82, 2.24) is 4.90 Å². The van der Waals surface area contributed by atoms with Crippen LogP contribution >= 0.6 is 23.2 Å². The molecule has 1 fully saturated rings. The SMILES string of the molecule is O=C1CCCC(O)=C1C(=O)c1ccc(Cl)c(CN2CCOCC2)c1Cl. The highest BCUT2D eigenvalue weighted by Gasteiger charge is 2.29. The van der Waals surface area contributed by atoms with E-state index in [-0.39, 0.29) is 34.1 Å². The van der Waals surface area contributed by atoms with E-state index in [0.29, 0.717) is 43.2 Å². The van der Waals surface area contributed by atoms with E-state index in [9.17, 15) is 14.7 Å². The molecule has 25 heavy (non-hydrogen) atoms. The van der Waals surface area contributed by atoms with Gasteiger partial charge in [0.2, 0.25) is 5.78 Å². The highest BCUT2D eigenvalue weighted by molar-refractivity contribution is 6.40. The molecule has 2 aliphatic rings. The largest absolute Gasteiger partial charge is 0.511 e. The van der Waals surface area contributed by atoms with Gasteiger partial charge in [-0.1, -0.05) is 23.2 Å². The summed E-state index contributed by atoms with van der Waals surface area (Å²) in [5.41, 5.74) is 0.707. The van der Waals surface area contributed by atoms with Gasteiger partial charge in [0.15, 0.2) is 5.78 Å². The smallest absolute Gasteiger partial charge is 0.201 e. The molecule has 0 radical (unpaired) electrons. The van der Waals surface area contributed by atoms with E-state index < -0.39 is 5.78 Å². The van der Waals surface area contributed by atoms with Crippen LogP contribution in [0.25, 0.3) is 0 Å². The summed E-state index contributed by atoms with van der Waals surface area (Å²) in [6, 6.07) is 3.12. The second-order valence-corrected chi connectivity index (χ2v) is 6.99. The van der Waals surface area contributed by atoms with E-state index >= 15 is 0 Å². The molecule has 1 N–H and O–H groups in total. The summed E-state index contributed by atoms with van der Waals surface area (Å²) in [6.45, 7) is 3.30. The Hall–Kier alpha value is -1.40. The highest BCUT2D eigenvalue weighted by Crippen LogP contribution is 2.33. The molecule has 1 aliphatic heterocycles. The summed E-state index contributed by atoms with van der Waals surface area (Å²) in [5, 5.41) is 10.7. The molecule has 1 aromatic rings. The van der Waals surface area contributed by atoms with Crippen molar-refractivity contribution in [2.24, 2.45) is 0 Å². The van der Waals surface area contributed by atoms with Gasteiger partial charge in [0.25, 0.3) is 0 Å². The summed E-state index contributed by atoms with van der Waals surface area (Å²) in [4.78, 5) is 27.0. The van der Waals surface area contributed by atoms with Gasteiger partial charge in [-0.2, -0.15) is 0 Å². The third-order valence-electron chi connectivity index (χ3n) is 4.53. The predicted molar refractivity (Wildman–Crippen MR) is 95.4 cm³/mol. The molecule has 0 atom stereocenters. The normalized spacial score (nSPS) is 19.4. The van der Waals surface area contributed by atoms with Gasteiger partial charge in [0.1, 0.15) is 11.3 Å². The Balaban J connectivity index is 1.93. The Morgan fingerprint density at radius 2 is 1.92 bits per heavy atom. The zero-order valence-electron chi connectivity index (χ0n) is 13.7. The van der Waals surface area contributed by atoms with Crippen molar-refractivity contribution in [2.75, 3.05) is 26.3 Å². The van der Waals surface area contributed by atoms with Crippen molar-refractivity contribution < 1.29 is 19.4 Å². The van der Waals surface area contributed by atoms with Gasteiger partial charge in [-0.25, -0.2) is 0 Å². The Kier molecular flexibility index (Phi) is 5.79. The molecule has 0 amide bonds. The Morgan fingerprint density at radius 1 is 1.20 bits per heavy atom. The fraction of sp³-hybridized carbons (Fsp3) is 0.444. The molecular weight excluding hydrogens is 365 g/mol. The van der Waals surface area contributed by atoms with Crippen LogP contribution in [0.1, 0.15) is 35.2 Å². The average molecular weight is 384 g/mol. The summed E-state index contributed by atoms with van der Waals surface area (Å²) < 4.78 is 5.33. The van der Waals surface area contributed by atoms with Crippen LogP contribution in [0.2, 0.25) is 10.0 Å². The van der Waals surface area contributed by atoms with Crippen LogP contribution in [0.5, 0.6) is 0 Å². The average Bonchev–Trinajstić information content (AvgIpc) is 2.59. The lowest BCUT2D eigenvalue weighted by Gasteiger charge is -2.27. The van der Waals surface area contributed by atoms with Crippen LogP contribution in [-0.2, 0) is 16.1 Å². The van der Waals surface area contributed by atoms with E-state index in [2.05, 4.69) is 4.90 Å². The Morgan fingerprint density at radius 3 is 2.60 bits per heavy atom. The number of morpholine rings is 1. The van der Waals surface area contributed by atoms with E-state index in [0.717, 1.165) is 13.1 Å². The standard InChI is InChI=1S/C18H19Cl2NO4/c19-13-5-4-11(18(24)16-14(22)2-1-3-15(16)23)17(20)12(13)10-21-6-8-25-9-7-21/h4-5,22H,1-3,6-10H2. The number of rotatable bonds is 4. The fourth-order valence-corrected chi connectivity index (χ4v) is 3.70. The number of aliphatic hydroxyl groups excluding tert-OH is 1. The molecule has 1 aliphatic carbocycles. The number of carbonyl (C=O) groups is 2. The molecule has 0 saturated carbocycles. The quantitative estimate of drug-likeness (QED) is 0.635. The second kappa shape index (κ2) is 7.87. The number of halogens is 2. The Bertz CT molecular complexity index is 739. The molecule has 134 valence electrons. The summed E-state index contributed by atoms with van der Waals surface area (Å²) >= 11 is 12.8. The van der Waals surface area contributed by atoms with E-state index in [1.807, 2.05) is 0 Å². The lowest BCUT2D eigenvalue weighted by Crippen LogP contribution is -2.35. The molecule has 5 nitrogen and oxygen atoms in total. The van der Waals surface area contributed by atoms with Crippen molar-refractivity contribution in [3.8, 4) is 0 Å². The van der Waals surface area contributed by atoms with Gasteiger partial charge in [-0.05, 0) is 18.6 Å². The number of hydrogen-bond donors (Lipinski definition) is 1. The molecule has 1 saturated heterocycles. The number of benzene rings is 1. The van der Waals surface area contributed by atoms with Crippen LogP contribution in [0.4, 0.5) is 0 Å². The fourth-order valence-electron chi connectivity index (χ4n) is 3.12. The van der Waals surface area contributed by atoms with Crippen LogP contribution in [0.15, 0.2) is 23.5 Å². The zero-order chi connectivity index (χ0) is 18.0. The number of hydrogen-bond acceptors (Lipinski definition) is 5. The summed E-state index contributed by atoms with van der Waals surface area (Å²) in [5.74, 6) is -1.02. The van der Waals surface area contributed by atoms with Gasteiger partial charge in [-0.3, -0.25) is 14.5 Å². The molecule has 0 unspecified atom stereocenters. The van der Waals surface area contributed by atoms with E-state index in [1.165, 1.54) is 6.07 Å². The summed E-state index contributed by atoms with van der Waals surface area (Å²) in [6.07, 6.45) is 1.15. The molecule has 0 bridgehead atoms. The number of ketones is 2. The van der Waals surface area contributed by atoms with Gasteiger partial charge >= 0.3 is 0 Å². The van der Waals surface area contributed by atoms with Crippen molar-refractivity contribution in [3.63, 3.8) is 0 Å². The van der Waals surface area contributed by atoms with Crippen LogP contribution < -0.4 is 0 Å². The zero-order valence-corrected chi connectivity index (χ0v) is 15.2. The maximum absolute atomic E-state index is 12.8. The number of allylic oxidation sites excluding steroid dienone is 2. The van der Waals surface area contributed by atoms with E-state index in [4.69, 9.17) is 27.9 Å². The minimum Gasteiger partial charge on any atom is -0.511 e. The number of ether oxygens (including phenoxy) is 1. The molecule has 3 rings (SSSR count). The molecule has 1 heterocycles. The Labute approximate surface area is 156 Å². The minimum absolute atomic E-state index is 0.146. The van der Waals surface area contributed by atoms with Crippen molar-refractivity contribution in [3.05, 3.63) is 44.6 Å². The van der Waals surface area contributed by atoms with Crippen molar-refractivity contribution >= 4 is 34.8 Å². The first-order chi connectivity index (χ1) is 12.0. The maximum Gasteiger partial charge on any atom is 0.201 e. The summed E-state index contributed by atoms with van der Waals surface area (Å²) in [7, 11) is 0. The number of Topliss-reactive ketones (excluding diaryl/α,β-unsaturated/α-hetero) is 2. The molecule has 0 aromatic heterocycles. The monoisotopic (exact) mass is 383 g/mol. The van der Waals surface area contributed by atoms with Crippen LogP contribution in [0, 0.1) is 0 Å². The minimum atomic E-state index is -0.535. The first kappa shape index (κ1) is 18.4. The highest BCUT2D eigenvalue weighted by atomic mass is 35.5. The van der Waals surface area contributed by atoms with Crippen molar-refractivity contribution in [2.45, 2.75) is 25.8 Å². The predicted octanol–water partition coefficient (Wildman–Crippen LogP) is 3.57. The molecule has 1 aromatic carbocycles. The number of aliphatic hydroxyl groups is 1. The van der Waals surface area contributed by atoms with Gasteiger partial charge in [-0.15, -0.1) is 0 Å². The van der Waals surface area contributed by atoms with Crippen molar-refractivity contribution in [1.29, 1.82) is 0 Å². The molecule has 0 spiro atoms. The van der Waals surface area contributed by atoms with E-state index in [1.54, 1.807) is 6.07 Å². The van der Waals surface area contributed by atoms with Gasteiger partial charge in [0.05, 0.1) is 18.2 Å². The lowest BCUT2D eigenvalue weighted by molar-refractivity contribution is -0.116. The number of carbonyl (C=O) groups excluding carboxylic acids is 2. The molecular formula is C18H19Cl2NO4. The topological polar surface area (TPSA) is 66.8 Å². The van der Waals surface area contributed by atoms with Crippen LogP contribution in [0.3, 0.4) is 0 Å². The van der Waals surface area contributed by atoms with Crippen LogP contribution in [-0.4, -0.2) is 47.9 Å². The maximum atomic E-state index is 12.8.